The van der Waals surface area contributed by atoms with Crippen molar-refractivity contribution in [2.24, 2.45) is 4.99 Å². The van der Waals surface area contributed by atoms with Crippen LogP contribution in [0.4, 0.5) is 4.39 Å². The second-order valence-electron chi connectivity index (χ2n) is 5.25. The van der Waals surface area contributed by atoms with Crippen LogP contribution in [0.1, 0.15) is 12.5 Å². The Labute approximate surface area is 130 Å². The minimum absolute atomic E-state index is 0.187. The molecule has 0 amide bonds. The molecular weight excluding hydrogens is 283 g/mol. The summed E-state index contributed by atoms with van der Waals surface area (Å²) in [4.78, 5) is 7.28. The lowest BCUT2D eigenvalue weighted by atomic mass is 10.1. The Morgan fingerprint density at radius 2 is 2.27 bits per heavy atom. The molecule has 2 rings (SSSR count). The Morgan fingerprint density at radius 1 is 1.45 bits per heavy atom. The van der Waals surface area contributed by atoms with Crippen molar-refractivity contribution in [1.82, 2.24) is 15.6 Å². The van der Waals surface area contributed by atoms with Crippen molar-refractivity contribution < 1.29 is 9.13 Å². The van der Waals surface area contributed by atoms with Gasteiger partial charge in [0, 0.05) is 43.8 Å². The molecule has 0 fully saturated rings. The number of aliphatic imine (C=N–C) groups is 1. The van der Waals surface area contributed by atoms with Gasteiger partial charge in [0.25, 0.3) is 0 Å². The van der Waals surface area contributed by atoms with E-state index in [0.717, 1.165) is 35.4 Å². The van der Waals surface area contributed by atoms with Crippen LogP contribution in [0.2, 0.25) is 0 Å². The van der Waals surface area contributed by atoms with E-state index in [9.17, 15) is 4.39 Å². The van der Waals surface area contributed by atoms with Crippen LogP contribution in [-0.2, 0) is 11.2 Å². The number of nitrogens with one attached hydrogen (secondary N) is 3. The highest BCUT2D eigenvalue weighted by Crippen LogP contribution is 2.19. The summed E-state index contributed by atoms with van der Waals surface area (Å²) in [5.41, 5.74) is 1.98. The van der Waals surface area contributed by atoms with Gasteiger partial charge in [0.05, 0.1) is 6.61 Å². The smallest absolute Gasteiger partial charge is 0.191 e. The minimum Gasteiger partial charge on any atom is -0.383 e. The van der Waals surface area contributed by atoms with Crippen LogP contribution >= 0.6 is 0 Å². The molecule has 0 aliphatic heterocycles. The van der Waals surface area contributed by atoms with Crippen LogP contribution in [0.15, 0.2) is 29.4 Å². The van der Waals surface area contributed by atoms with Crippen molar-refractivity contribution in [2.45, 2.75) is 19.4 Å². The van der Waals surface area contributed by atoms with Gasteiger partial charge in [0.15, 0.2) is 5.96 Å². The van der Waals surface area contributed by atoms with Gasteiger partial charge in [-0.25, -0.2) is 4.39 Å². The summed E-state index contributed by atoms with van der Waals surface area (Å²) < 4.78 is 18.3. The average Bonchev–Trinajstić information content (AvgIpc) is 2.88. The third-order valence-electron chi connectivity index (χ3n) is 3.44. The molecular formula is C16H23FN4O. The van der Waals surface area contributed by atoms with Crippen molar-refractivity contribution in [2.75, 3.05) is 27.3 Å². The van der Waals surface area contributed by atoms with E-state index in [2.05, 4.69) is 20.6 Å². The number of guanidine groups is 1. The summed E-state index contributed by atoms with van der Waals surface area (Å²) in [6.45, 7) is 3.39. The Bertz CT molecular complexity index is 638. The highest BCUT2D eigenvalue weighted by Gasteiger charge is 2.07. The first-order chi connectivity index (χ1) is 10.6. The minimum atomic E-state index is -0.226. The standard InChI is InChI=1S/C16H23FN4O/c1-11(10-22-3)21-16(18-2)19-7-6-12-9-20-15-8-13(17)4-5-14(12)15/h4-5,8-9,11,20H,6-7,10H2,1-3H3,(H2,18,19,21). The SMILES string of the molecule is CN=C(NCCc1c[nH]c2cc(F)ccc12)NC(C)COC. The number of fused-ring (bicyclic) bond motifs is 1. The van der Waals surface area contributed by atoms with Crippen molar-refractivity contribution in [1.29, 1.82) is 0 Å². The number of halogens is 1. The first-order valence-electron chi connectivity index (χ1n) is 7.35. The third-order valence-corrected chi connectivity index (χ3v) is 3.44. The number of hydrogen-bond donors (Lipinski definition) is 3. The summed E-state index contributed by atoms with van der Waals surface area (Å²) in [6.07, 6.45) is 2.75. The fourth-order valence-electron chi connectivity index (χ4n) is 2.40. The van der Waals surface area contributed by atoms with Gasteiger partial charge in [-0.3, -0.25) is 4.99 Å². The molecule has 1 aromatic carbocycles. The fraction of sp³-hybridized carbons (Fsp3) is 0.438. The number of rotatable bonds is 6. The summed E-state index contributed by atoms with van der Waals surface area (Å²) in [5, 5.41) is 7.57. The number of benzene rings is 1. The Balaban J connectivity index is 1.89. The van der Waals surface area contributed by atoms with E-state index in [1.807, 2.05) is 19.2 Å². The molecule has 3 N–H and O–H groups in total. The van der Waals surface area contributed by atoms with E-state index in [4.69, 9.17) is 4.74 Å². The number of ether oxygens (including phenoxy) is 1. The Hall–Kier alpha value is -2.08. The number of aromatic nitrogens is 1. The van der Waals surface area contributed by atoms with Crippen LogP contribution < -0.4 is 10.6 Å². The summed E-state index contributed by atoms with van der Waals surface area (Å²) >= 11 is 0. The first-order valence-corrected chi connectivity index (χ1v) is 7.35. The van der Waals surface area contributed by atoms with Gasteiger partial charge >= 0.3 is 0 Å². The van der Waals surface area contributed by atoms with Gasteiger partial charge in [-0.05, 0) is 37.1 Å². The summed E-state index contributed by atoms with van der Waals surface area (Å²) in [7, 11) is 3.41. The molecule has 0 saturated carbocycles. The molecule has 0 aliphatic carbocycles. The molecule has 6 heteroatoms. The predicted octanol–water partition coefficient (Wildman–Crippen LogP) is 2.05. The maximum Gasteiger partial charge on any atom is 0.191 e. The molecule has 1 heterocycles. The molecule has 0 radical (unpaired) electrons. The van der Waals surface area contributed by atoms with Gasteiger partial charge in [-0.1, -0.05) is 0 Å². The van der Waals surface area contributed by atoms with Crippen LogP contribution in [0.5, 0.6) is 0 Å². The van der Waals surface area contributed by atoms with Crippen molar-refractivity contribution in [3.63, 3.8) is 0 Å². The second-order valence-corrected chi connectivity index (χ2v) is 5.25. The lowest BCUT2D eigenvalue weighted by molar-refractivity contribution is 0.179. The quantitative estimate of drug-likeness (QED) is 0.565. The number of aromatic amines is 1. The lowest BCUT2D eigenvalue weighted by Crippen LogP contribution is -2.44. The van der Waals surface area contributed by atoms with Crippen molar-refractivity contribution in [3.8, 4) is 0 Å². The monoisotopic (exact) mass is 306 g/mol. The molecule has 1 atom stereocenters. The topological polar surface area (TPSA) is 61.4 Å². The second kappa shape index (κ2) is 7.79. The van der Waals surface area contributed by atoms with E-state index >= 15 is 0 Å². The average molecular weight is 306 g/mol. The zero-order valence-electron chi connectivity index (χ0n) is 13.2. The first kappa shape index (κ1) is 16.3. The number of methoxy groups -OCH3 is 1. The van der Waals surface area contributed by atoms with E-state index in [-0.39, 0.29) is 11.9 Å². The van der Waals surface area contributed by atoms with Gasteiger partial charge in [0.1, 0.15) is 5.82 Å². The number of nitrogens with zero attached hydrogens (tertiary/aromatic N) is 1. The molecule has 0 aliphatic rings. The molecule has 1 aromatic heterocycles. The molecule has 1 unspecified atom stereocenters. The highest BCUT2D eigenvalue weighted by atomic mass is 19.1. The lowest BCUT2D eigenvalue weighted by Gasteiger charge is -2.17. The predicted molar refractivity (Wildman–Crippen MR) is 87.8 cm³/mol. The Kier molecular flexibility index (Phi) is 5.77. The number of H-pyrrole nitrogens is 1. The van der Waals surface area contributed by atoms with Gasteiger partial charge in [-0.15, -0.1) is 0 Å². The molecule has 5 nitrogen and oxygen atoms in total. The molecule has 0 spiro atoms. The zero-order chi connectivity index (χ0) is 15.9. The largest absolute Gasteiger partial charge is 0.383 e. The maximum atomic E-state index is 13.2. The Morgan fingerprint density at radius 3 is 3.00 bits per heavy atom. The van der Waals surface area contributed by atoms with Crippen LogP contribution in [0, 0.1) is 5.82 Å². The van der Waals surface area contributed by atoms with Crippen molar-refractivity contribution in [3.05, 3.63) is 35.8 Å². The van der Waals surface area contributed by atoms with E-state index in [1.54, 1.807) is 14.2 Å². The van der Waals surface area contributed by atoms with Gasteiger partial charge in [0.2, 0.25) is 0 Å². The molecule has 0 bridgehead atoms. The van der Waals surface area contributed by atoms with Gasteiger partial charge < -0.3 is 20.4 Å². The van der Waals surface area contributed by atoms with E-state index in [1.165, 1.54) is 12.1 Å². The van der Waals surface area contributed by atoms with E-state index in [0.29, 0.717) is 6.61 Å². The normalized spacial score (nSPS) is 13.4. The molecule has 120 valence electrons. The zero-order valence-corrected chi connectivity index (χ0v) is 13.2. The highest BCUT2D eigenvalue weighted by molar-refractivity contribution is 5.83. The molecule has 2 aromatic rings. The third kappa shape index (κ3) is 4.21. The summed E-state index contributed by atoms with van der Waals surface area (Å²) in [5.74, 6) is 0.520. The fourth-order valence-corrected chi connectivity index (χ4v) is 2.40. The number of hydrogen-bond acceptors (Lipinski definition) is 2. The maximum absolute atomic E-state index is 13.2. The summed E-state index contributed by atoms with van der Waals surface area (Å²) in [6, 6.07) is 5.00. The molecule has 0 saturated heterocycles. The van der Waals surface area contributed by atoms with Crippen LogP contribution in [0.3, 0.4) is 0 Å². The van der Waals surface area contributed by atoms with Crippen molar-refractivity contribution >= 4 is 16.9 Å². The van der Waals surface area contributed by atoms with E-state index < -0.39 is 0 Å². The van der Waals surface area contributed by atoms with Gasteiger partial charge in [-0.2, -0.15) is 0 Å². The molecule has 22 heavy (non-hydrogen) atoms. The van der Waals surface area contributed by atoms with Crippen LogP contribution in [-0.4, -0.2) is 44.3 Å². The van der Waals surface area contributed by atoms with Crippen LogP contribution in [0.25, 0.3) is 10.9 Å².